The summed E-state index contributed by atoms with van der Waals surface area (Å²) in [6.07, 6.45) is 1.20. The molecule has 0 saturated carbocycles. The van der Waals surface area contributed by atoms with Gasteiger partial charge in [-0.3, -0.25) is 9.48 Å². The normalized spacial score (nSPS) is 12.9. The number of rotatable bonds is 4. The van der Waals surface area contributed by atoms with E-state index in [9.17, 15) is 13.2 Å². The second kappa shape index (κ2) is 5.10. The van der Waals surface area contributed by atoms with Crippen molar-refractivity contribution in [2.75, 3.05) is 6.54 Å². The molecule has 0 radical (unpaired) electrons. The predicted molar refractivity (Wildman–Crippen MR) is 69.5 cm³/mol. The number of carbonyl (C=O) groups is 1. The molecule has 0 aliphatic carbocycles. The van der Waals surface area contributed by atoms with Gasteiger partial charge in [0.25, 0.3) is 10.0 Å². The van der Waals surface area contributed by atoms with E-state index in [2.05, 4.69) is 5.10 Å². The summed E-state index contributed by atoms with van der Waals surface area (Å²) >= 11 is 5.82. The number of aliphatic carboxylic acids is 1. The summed E-state index contributed by atoms with van der Waals surface area (Å²) in [7, 11) is -2.62. The Morgan fingerprint density at radius 3 is 2.37 bits per heavy atom. The Kier molecular flexibility index (Phi) is 4.28. The van der Waals surface area contributed by atoms with Crippen molar-refractivity contribution in [3.63, 3.8) is 0 Å². The summed E-state index contributed by atoms with van der Waals surface area (Å²) in [4.78, 5) is 10.9. The zero-order valence-corrected chi connectivity index (χ0v) is 12.7. The van der Waals surface area contributed by atoms with Gasteiger partial charge in [0.15, 0.2) is 5.03 Å². The largest absolute Gasteiger partial charge is 0.480 e. The Morgan fingerprint density at radius 1 is 1.53 bits per heavy atom. The molecule has 0 unspecified atom stereocenters. The molecule has 1 rings (SSSR count). The molecular weight excluding hydrogens is 294 g/mol. The number of hydrogen-bond donors (Lipinski definition) is 1. The second-order valence-electron chi connectivity index (χ2n) is 5.00. The molecule has 0 atom stereocenters. The van der Waals surface area contributed by atoms with Crippen LogP contribution >= 0.6 is 11.6 Å². The first-order chi connectivity index (χ1) is 8.48. The number of aryl methyl sites for hydroxylation is 1. The zero-order valence-electron chi connectivity index (χ0n) is 11.1. The summed E-state index contributed by atoms with van der Waals surface area (Å²) in [5, 5.41) is 12.4. The Labute approximate surface area is 116 Å². The molecule has 0 spiro atoms. The van der Waals surface area contributed by atoms with Gasteiger partial charge in [0.2, 0.25) is 0 Å². The summed E-state index contributed by atoms with van der Waals surface area (Å²) in [6, 6.07) is 0. The summed E-state index contributed by atoms with van der Waals surface area (Å²) in [5.41, 5.74) is -0.898. The monoisotopic (exact) mass is 309 g/mol. The van der Waals surface area contributed by atoms with E-state index in [-0.39, 0.29) is 10.0 Å². The van der Waals surface area contributed by atoms with Crippen LogP contribution in [-0.2, 0) is 21.9 Å². The van der Waals surface area contributed by atoms with E-state index in [4.69, 9.17) is 16.7 Å². The number of halogens is 1. The van der Waals surface area contributed by atoms with E-state index < -0.39 is 28.1 Å². The average Bonchev–Trinajstić information content (AvgIpc) is 2.53. The number of sulfonamides is 1. The topological polar surface area (TPSA) is 92.5 Å². The van der Waals surface area contributed by atoms with E-state index in [0.717, 1.165) is 8.99 Å². The molecule has 1 heterocycles. The van der Waals surface area contributed by atoms with Crippen LogP contribution in [0.4, 0.5) is 0 Å². The molecule has 0 bridgehead atoms. The molecule has 0 amide bonds. The van der Waals surface area contributed by atoms with Crippen LogP contribution in [-0.4, -0.2) is 45.7 Å². The third-order valence-corrected chi connectivity index (χ3v) is 5.02. The highest BCUT2D eigenvalue weighted by molar-refractivity contribution is 7.89. The molecule has 0 aliphatic rings. The van der Waals surface area contributed by atoms with Crippen molar-refractivity contribution < 1.29 is 18.3 Å². The van der Waals surface area contributed by atoms with Crippen LogP contribution in [0, 0.1) is 0 Å². The Bertz CT molecular complexity index is 569. The van der Waals surface area contributed by atoms with Gasteiger partial charge in [0, 0.05) is 12.6 Å². The standard InChI is InChI=1S/C10H16ClN3O4S/c1-10(2,3)14(6-8(15)16)19(17,18)9-7(11)5-12-13(9)4/h5H,6H2,1-4H3,(H,15,16). The smallest absolute Gasteiger partial charge is 0.318 e. The lowest BCUT2D eigenvalue weighted by Crippen LogP contribution is -2.48. The van der Waals surface area contributed by atoms with Crippen molar-refractivity contribution in [2.24, 2.45) is 7.05 Å². The maximum absolute atomic E-state index is 12.5. The Balaban J connectivity index is 3.41. The number of hydrogen-bond acceptors (Lipinski definition) is 4. The van der Waals surface area contributed by atoms with Gasteiger partial charge >= 0.3 is 5.97 Å². The van der Waals surface area contributed by atoms with Gasteiger partial charge in [-0.1, -0.05) is 11.6 Å². The van der Waals surface area contributed by atoms with E-state index >= 15 is 0 Å². The lowest BCUT2D eigenvalue weighted by Gasteiger charge is -2.33. The zero-order chi connectivity index (χ0) is 15.0. The third kappa shape index (κ3) is 3.26. The van der Waals surface area contributed by atoms with Crippen LogP contribution in [0.3, 0.4) is 0 Å². The lowest BCUT2D eigenvalue weighted by molar-refractivity contribution is -0.138. The average molecular weight is 310 g/mol. The van der Waals surface area contributed by atoms with Crippen LogP contribution in [0.25, 0.3) is 0 Å². The molecule has 1 aromatic rings. The second-order valence-corrected chi connectivity index (χ2v) is 7.18. The number of carboxylic acids is 1. The quantitative estimate of drug-likeness (QED) is 0.894. The van der Waals surface area contributed by atoms with Crippen molar-refractivity contribution in [1.29, 1.82) is 0 Å². The number of aromatic nitrogens is 2. The van der Waals surface area contributed by atoms with Crippen molar-refractivity contribution in [2.45, 2.75) is 31.3 Å². The summed E-state index contributed by atoms with van der Waals surface area (Å²) in [6.45, 7) is 4.18. The highest BCUT2D eigenvalue weighted by Crippen LogP contribution is 2.28. The molecule has 108 valence electrons. The Hall–Kier alpha value is -1.12. The van der Waals surface area contributed by atoms with E-state index in [1.165, 1.54) is 13.2 Å². The molecule has 0 aromatic carbocycles. The van der Waals surface area contributed by atoms with Crippen LogP contribution in [0.15, 0.2) is 11.2 Å². The molecule has 0 saturated heterocycles. The first-order valence-corrected chi connectivity index (χ1v) is 7.22. The van der Waals surface area contributed by atoms with Crippen molar-refractivity contribution in [1.82, 2.24) is 14.1 Å². The maximum Gasteiger partial charge on any atom is 0.318 e. The van der Waals surface area contributed by atoms with E-state index in [0.29, 0.717) is 0 Å². The van der Waals surface area contributed by atoms with Gasteiger partial charge in [0.1, 0.15) is 6.54 Å². The first-order valence-electron chi connectivity index (χ1n) is 5.40. The minimum atomic E-state index is -4.05. The molecule has 7 nitrogen and oxygen atoms in total. The molecule has 1 aromatic heterocycles. The fourth-order valence-corrected chi connectivity index (χ4v) is 3.95. The molecule has 1 N–H and O–H groups in total. The van der Waals surface area contributed by atoms with E-state index in [1.54, 1.807) is 20.8 Å². The van der Waals surface area contributed by atoms with Crippen LogP contribution in [0.2, 0.25) is 5.02 Å². The fourth-order valence-electron chi connectivity index (χ4n) is 1.60. The minimum absolute atomic E-state index is 0.0397. The SMILES string of the molecule is Cn1ncc(Cl)c1S(=O)(=O)N(CC(=O)O)C(C)(C)C. The first kappa shape index (κ1) is 15.9. The maximum atomic E-state index is 12.5. The molecule has 19 heavy (non-hydrogen) atoms. The van der Waals surface area contributed by atoms with Crippen molar-refractivity contribution in [3.05, 3.63) is 11.2 Å². The van der Waals surface area contributed by atoms with Gasteiger partial charge in [-0.2, -0.15) is 9.40 Å². The van der Waals surface area contributed by atoms with Gasteiger partial charge in [-0.05, 0) is 20.8 Å². The van der Waals surface area contributed by atoms with E-state index in [1.807, 2.05) is 0 Å². The number of nitrogens with zero attached hydrogens (tertiary/aromatic N) is 3. The van der Waals surface area contributed by atoms with Crippen molar-refractivity contribution >= 4 is 27.6 Å². The summed E-state index contributed by atoms with van der Waals surface area (Å²) in [5.74, 6) is -1.24. The Morgan fingerprint density at radius 2 is 2.05 bits per heavy atom. The number of carboxylic acid groups (broad SMARTS) is 1. The molecule has 9 heteroatoms. The van der Waals surface area contributed by atoms with Crippen LogP contribution in [0.1, 0.15) is 20.8 Å². The summed E-state index contributed by atoms with van der Waals surface area (Å²) < 4.78 is 27.1. The third-order valence-electron chi connectivity index (χ3n) is 2.40. The van der Waals surface area contributed by atoms with Gasteiger partial charge in [0.05, 0.1) is 11.2 Å². The van der Waals surface area contributed by atoms with Gasteiger partial charge in [-0.25, -0.2) is 8.42 Å². The lowest BCUT2D eigenvalue weighted by atomic mass is 10.1. The minimum Gasteiger partial charge on any atom is -0.480 e. The van der Waals surface area contributed by atoms with Crippen LogP contribution in [0.5, 0.6) is 0 Å². The molecule has 0 aliphatic heterocycles. The molecule has 0 fully saturated rings. The highest BCUT2D eigenvalue weighted by Gasteiger charge is 2.38. The predicted octanol–water partition coefficient (Wildman–Crippen LogP) is 0.947. The van der Waals surface area contributed by atoms with Gasteiger partial charge in [-0.15, -0.1) is 0 Å². The highest BCUT2D eigenvalue weighted by atomic mass is 35.5. The molecular formula is C10H16ClN3O4S. The van der Waals surface area contributed by atoms with Crippen LogP contribution < -0.4 is 0 Å². The fraction of sp³-hybridized carbons (Fsp3) is 0.600. The van der Waals surface area contributed by atoms with Crippen molar-refractivity contribution in [3.8, 4) is 0 Å². The van der Waals surface area contributed by atoms with Gasteiger partial charge < -0.3 is 5.11 Å².